The van der Waals surface area contributed by atoms with Crippen molar-refractivity contribution in [2.75, 3.05) is 6.61 Å². The predicted molar refractivity (Wildman–Crippen MR) is 73.1 cm³/mol. The molecule has 3 nitrogen and oxygen atoms in total. The van der Waals surface area contributed by atoms with Crippen LogP contribution in [0.2, 0.25) is 0 Å². The van der Waals surface area contributed by atoms with E-state index in [1.165, 1.54) is 6.42 Å². The van der Waals surface area contributed by atoms with Crippen LogP contribution in [0.25, 0.3) is 0 Å². The summed E-state index contributed by atoms with van der Waals surface area (Å²) in [5.74, 6) is -0.706. The maximum absolute atomic E-state index is 12.8. The van der Waals surface area contributed by atoms with Gasteiger partial charge in [0.2, 0.25) is 0 Å². The molecule has 4 aliphatic carbocycles. The van der Waals surface area contributed by atoms with Gasteiger partial charge in [0.05, 0.1) is 0 Å². The van der Waals surface area contributed by atoms with Gasteiger partial charge in [0.1, 0.15) is 5.60 Å². The number of halogens is 2. The number of ether oxygens (including phenoxy) is 2. The fourth-order valence-electron chi connectivity index (χ4n) is 5.17. The van der Waals surface area contributed by atoms with Crippen LogP contribution in [0.3, 0.4) is 0 Å². The molecule has 4 rings (SSSR count). The van der Waals surface area contributed by atoms with Crippen LogP contribution >= 0.6 is 0 Å². The van der Waals surface area contributed by atoms with Gasteiger partial charge in [0, 0.05) is 6.92 Å². The highest BCUT2D eigenvalue weighted by Crippen LogP contribution is 2.60. The van der Waals surface area contributed by atoms with Crippen molar-refractivity contribution in [1.82, 2.24) is 0 Å². The molecule has 4 aliphatic rings. The second kappa shape index (κ2) is 5.10. The Bertz CT molecular complexity index is 388. The van der Waals surface area contributed by atoms with E-state index in [1.54, 1.807) is 0 Å². The number of hydrogen-bond donors (Lipinski definition) is 0. The summed E-state index contributed by atoms with van der Waals surface area (Å²) in [6.45, 7) is 1.86. The average molecular weight is 302 g/mol. The molecular formula is C16H24F2O3. The van der Waals surface area contributed by atoms with Gasteiger partial charge in [0.25, 0.3) is 5.92 Å². The Morgan fingerprint density at radius 3 is 2.10 bits per heavy atom. The largest absolute Gasteiger partial charge is 0.509 e. The van der Waals surface area contributed by atoms with E-state index in [1.807, 2.05) is 6.92 Å². The molecule has 0 heterocycles. The van der Waals surface area contributed by atoms with Crippen LogP contribution in [0, 0.1) is 23.7 Å². The summed E-state index contributed by atoms with van der Waals surface area (Å²) in [4.78, 5) is 11.9. The molecule has 0 atom stereocenters. The SMILES string of the molecule is CCC1(OC(=O)OCC(C)(F)F)C2CC3CC(C2)CC1C3. The van der Waals surface area contributed by atoms with Crippen molar-refractivity contribution in [2.24, 2.45) is 23.7 Å². The zero-order valence-corrected chi connectivity index (χ0v) is 12.7. The lowest BCUT2D eigenvalue weighted by Crippen LogP contribution is -2.59. The summed E-state index contributed by atoms with van der Waals surface area (Å²) in [5, 5.41) is 0. The lowest BCUT2D eigenvalue weighted by Gasteiger charge is -2.59. The van der Waals surface area contributed by atoms with Gasteiger partial charge in [0.15, 0.2) is 6.61 Å². The zero-order chi connectivity index (χ0) is 15.3. The van der Waals surface area contributed by atoms with Crippen molar-refractivity contribution in [1.29, 1.82) is 0 Å². The van der Waals surface area contributed by atoms with E-state index in [9.17, 15) is 13.6 Å². The van der Waals surface area contributed by atoms with Crippen LogP contribution in [0.1, 0.15) is 52.4 Å². The van der Waals surface area contributed by atoms with Gasteiger partial charge in [-0.3, -0.25) is 0 Å². The molecule has 0 aromatic heterocycles. The average Bonchev–Trinajstić information content (AvgIpc) is 2.39. The monoisotopic (exact) mass is 302 g/mol. The van der Waals surface area contributed by atoms with E-state index in [-0.39, 0.29) is 0 Å². The normalized spacial score (nSPS) is 41.1. The zero-order valence-electron chi connectivity index (χ0n) is 12.7. The minimum Gasteiger partial charge on any atom is -0.428 e. The highest BCUT2D eigenvalue weighted by Gasteiger charge is 2.58. The van der Waals surface area contributed by atoms with E-state index >= 15 is 0 Å². The van der Waals surface area contributed by atoms with E-state index < -0.39 is 24.3 Å². The molecule has 0 saturated heterocycles. The molecule has 0 N–H and O–H groups in total. The van der Waals surface area contributed by atoms with E-state index in [0.29, 0.717) is 11.8 Å². The first-order chi connectivity index (χ1) is 9.82. The van der Waals surface area contributed by atoms with Gasteiger partial charge < -0.3 is 9.47 Å². The van der Waals surface area contributed by atoms with Crippen LogP contribution in [0.4, 0.5) is 13.6 Å². The number of alkyl halides is 2. The van der Waals surface area contributed by atoms with Crippen molar-refractivity contribution in [3.63, 3.8) is 0 Å². The fourth-order valence-corrected chi connectivity index (χ4v) is 5.17. The molecule has 4 saturated carbocycles. The quantitative estimate of drug-likeness (QED) is 0.722. The highest BCUT2D eigenvalue weighted by atomic mass is 19.3. The summed E-state index contributed by atoms with van der Waals surface area (Å²) < 4.78 is 35.9. The Balaban J connectivity index is 1.68. The maximum Gasteiger partial charge on any atom is 0.509 e. The second-order valence-corrected chi connectivity index (χ2v) is 7.32. The van der Waals surface area contributed by atoms with Crippen molar-refractivity contribution in [2.45, 2.75) is 63.9 Å². The van der Waals surface area contributed by atoms with Crippen LogP contribution in [-0.4, -0.2) is 24.3 Å². The molecule has 4 bridgehead atoms. The standard InChI is InChI=1S/C16H24F2O3/c1-3-16(21-14(19)20-9-15(2,17)18)12-5-10-4-11(7-12)8-13(16)6-10/h10-13H,3-9H2,1-2H3. The summed E-state index contributed by atoms with van der Waals surface area (Å²) in [7, 11) is 0. The molecule has 0 radical (unpaired) electrons. The Morgan fingerprint density at radius 2 is 1.67 bits per heavy atom. The summed E-state index contributed by atoms with van der Waals surface area (Å²) in [5.41, 5.74) is -0.479. The molecule has 120 valence electrons. The van der Waals surface area contributed by atoms with Gasteiger partial charge >= 0.3 is 6.16 Å². The molecule has 0 unspecified atom stereocenters. The van der Waals surface area contributed by atoms with Crippen LogP contribution in [0.15, 0.2) is 0 Å². The maximum atomic E-state index is 12.8. The van der Waals surface area contributed by atoms with Gasteiger partial charge in [-0.05, 0) is 62.2 Å². The molecule has 0 aromatic carbocycles. The van der Waals surface area contributed by atoms with Gasteiger partial charge in [-0.2, -0.15) is 0 Å². The fraction of sp³-hybridized carbons (Fsp3) is 0.938. The van der Waals surface area contributed by atoms with Crippen molar-refractivity contribution >= 4 is 6.16 Å². The summed E-state index contributed by atoms with van der Waals surface area (Å²) in [6, 6.07) is 0. The van der Waals surface area contributed by atoms with Crippen LogP contribution in [0.5, 0.6) is 0 Å². The third-order valence-corrected chi connectivity index (χ3v) is 5.79. The third-order valence-electron chi connectivity index (χ3n) is 5.79. The first-order valence-electron chi connectivity index (χ1n) is 8.06. The number of carbonyl (C=O) groups is 1. The topological polar surface area (TPSA) is 35.5 Å². The second-order valence-electron chi connectivity index (χ2n) is 7.32. The number of rotatable bonds is 4. The minimum absolute atomic E-state index is 0.383. The van der Waals surface area contributed by atoms with Crippen molar-refractivity contribution in [3.8, 4) is 0 Å². The molecule has 0 spiro atoms. The smallest absolute Gasteiger partial charge is 0.428 e. The lowest BCUT2D eigenvalue weighted by molar-refractivity contribution is -0.189. The van der Waals surface area contributed by atoms with E-state index in [0.717, 1.165) is 50.9 Å². The van der Waals surface area contributed by atoms with E-state index in [4.69, 9.17) is 4.74 Å². The van der Waals surface area contributed by atoms with Crippen molar-refractivity contribution < 1.29 is 23.0 Å². The molecule has 21 heavy (non-hydrogen) atoms. The Kier molecular flexibility index (Phi) is 3.65. The first-order valence-corrected chi connectivity index (χ1v) is 8.06. The van der Waals surface area contributed by atoms with Crippen LogP contribution in [-0.2, 0) is 9.47 Å². The first kappa shape index (κ1) is 15.0. The molecule has 4 fully saturated rings. The Labute approximate surface area is 124 Å². The van der Waals surface area contributed by atoms with Gasteiger partial charge in [-0.1, -0.05) is 6.92 Å². The molecule has 0 aliphatic heterocycles. The van der Waals surface area contributed by atoms with E-state index in [2.05, 4.69) is 4.74 Å². The molecule has 0 amide bonds. The number of hydrogen-bond acceptors (Lipinski definition) is 3. The summed E-state index contributed by atoms with van der Waals surface area (Å²) in [6.07, 6.45) is 5.58. The minimum atomic E-state index is -3.01. The lowest BCUT2D eigenvalue weighted by atomic mass is 9.49. The number of carbonyl (C=O) groups excluding carboxylic acids is 1. The Morgan fingerprint density at radius 1 is 1.14 bits per heavy atom. The van der Waals surface area contributed by atoms with Crippen LogP contribution < -0.4 is 0 Å². The molecule has 0 aromatic rings. The highest BCUT2D eigenvalue weighted by molar-refractivity contribution is 5.61. The van der Waals surface area contributed by atoms with Crippen molar-refractivity contribution in [3.05, 3.63) is 0 Å². The van der Waals surface area contributed by atoms with Gasteiger partial charge in [-0.15, -0.1) is 0 Å². The molecular weight excluding hydrogens is 278 g/mol. The summed E-state index contributed by atoms with van der Waals surface area (Å²) >= 11 is 0. The molecule has 5 heteroatoms. The van der Waals surface area contributed by atoms with Gasteiger partial charge in [-0.25, -0.2) is 13.6 Å². The predicted octanol–water partition coefficient (Wildman–Crippen LogP) is 4.40. The third kappa shape index (κ3) is 2.76. The Hall–Kier alpha value is -0.870.